The van der Waals surface area contributed by atoms with E-state index in [1.54, 1.807) is 92.5 Å². The topological polar surface area (TPSA) is 537 Å². The number of fused-ring (bicyclic) bond motifs is 1. The van der Waals surface area contributed by atoms with Gasteiger partial charge in [-0.1, -0.05) is 85.3 Å². The number of rotatable bonds is 52. The predicted octanol–water partition coefficient (Wildman–Crippen LogP) is 6.97. The second-order valence-electron chi connectivity index (χ2n) is 32.1. The van der Waals surface area contributed by atoms with E-state index in [0.717, 1.165) is 27.5 Å². The highest BCUT2D eigenvalue weighted by atomic mass is 35.5. The maximum atomic E-state index is 14.7. The van der Waals surface area contributed by atoms with Crippen LogP contribution in [0.15, 0.2) is 140 Å². The molecule has 2 aliphatic heterocycles. The number of nitrogens with zero attached hydrogens (tertiary/aromatic N) is 11. The van der Waals surface area contributed by atoms with Gasteiger partial charge in [-0.3, -0.25) is 48.2 Å². The third kappa shape index (κ3) is 29.9. The fourth-order valence-electron chi connectivity index (χ4n) is 14.7. The molecule has 135 heavy (non-hydrogen) atoms. The summed E-state index contributed by atoms with van der Waals surface area (Å²) in [4.78, 5) is 162. The van der Waals surface area contributed by atoms with Crippen molar-refractivity contribution in [2.24, 2.45) is 11.7 Å². The molecule has 5 aromatic carbocycles. The zero-order valence-electron chi connectivity index (χ0n) is 74.5. The Hall–Kier alpha value is -13.8. The van der Waals surface area contributed by atoms with Gasteiger partial charge in [-0.25, -0.2) is 48.1 Å². The first-order valence-corrected chi connectivity index (χ1v) is 45.7. The van der Waals surface area contributed by atoms with Gasteiger partial charge in [0.1, 0.15) is 78.4 Å². The van der Waals surface area contributed by atoms with E-state index < -0.39 is 138 Å². The molecule has 9 amide bonds. The third-order valence-corrected chi connectivity index (χ3v) is 24.5. The van der Waals surface area contributed by atoms with Gasteiger partial charge in [-0.2, -0.15) is 13.1 Å². The molecular weight excluding hydrogens is 1820 g/mol. The van der Waals surface area contributed by atoms with Crippen LogP contribution in [0.25, 0.3) is 43.2 Å². The standard InChI is InChI=1S/C90H104ClFN18O23S2/c1-55(2)81(102-72(111)30-43-128-44-40-109-74(113)24-25-75(109)114)85(120)101-67(13-10-31-95-89(93)123)84(119)100-62-21-18-59(60(47-62)51-129-52-64-49-108(105-103-64)39-46-131-90(124)104-135(125,126)98-33-27-73(112)107(34-28-76(115)116)35-29-77(117)118)50-110(4)41-36-106(37-42-110)38-45-130-70-23-22-65(56(3)80(70)91)78-79-86(96-54-97-87(79)134-82(78)57-16-19-61(92)20-17-57)133-71(88(121)122)48-58-11-6-8-14-68(58)132-53-63-26-32-94-83(99-63)66-12-7-9-15-69(66)127-5/h6-9,11-12,14-26,32,47,49,54-55,67,71,81,98H,10,13,27-31,33-46,48,50-53H2,1-5H3,(H9-,93,95,100,101,102,104,111,115,116,117,118,119,120,121,122,123,124)/p+1/t67?,71-,81?/m1/s1. The van der Waals surface area contributed by atoms with E-state index in [-0.39, 0.29) is 104 Å². The number of piperazine rings is 1. The van der Waals surface area contributed by atoms with Gasteiger partial charge in [-0.05, 0) is 108 Å². The quantitative estimate of drug-likeness (QED) is 0.0104. The highest BCUT2D eigenvalue weighted by molar-refractivity contribution is 7.88. The summed E-state index contributed by atoms with van der Waals surface area (Å²) >= 11 is 8.61. The summed E-state index contributed by atoms with van der Waals surface area (Å²) in [6.07, 6.45) is 2.23. The number of carbonyl (C=O) groups excluding carboxylic acids is 8. The van der Waals surface area contributed by atoms with Crippen LogP contribution in [-0.4, -0.2) is 268 Å². The largest absolute Gasteiger partial charge is 0.496 e. The highest BCUT2D eigenvalue weighted by Crippen LogP contribution is 2.50. The lowest BCUT2D eigenvalue weighted by molar-refractivity contribution is -0.926. The normalized spacial score (nSPS) is 13.8. The van der Waals surface area contributed by atoms with Crippen LogP contribution in [0.3, 0.4) is 0 Å². The van der Waals surface area contributed by atoms with Crippen LogP contribution < -0.4 is 55.4 Å². The number of ether oxygens (including phenoxy) is 7. The molecule has 1 saturated heterocycles. The fraction of sp³-hybridized carbons (Fsp3) is 0.389. The number of carboxylic acids is 3. The minimum atomic E-state index is -4.58. The van der Waals surface area contributed by atoms with E-state index in [4.69, 9.17) is 65.7 Å². The number of methoxy groups -OCH3 is 1. The van der Waals surface area contributed by atoms with Crippen LogP contribution in [0, 0.1) is 18.7 Å². The Morgan fingerprint density at radius 2 is 1.45 bits per heavy atom. The monoisotopic (exact) mass is 1920 g/mol. The molecule has 9 aromatic rings. The van der Waals surface area contributed by atoms with Gasteiger partial charge in [0.15, 0.2) is 5.82 Å². The average molecular weight is 1930 g/mol. The maximum absolute atomic E-state index is 14.7. The molecule has 0 spiro atoms. The zero-order chi connectivity index (χ0) is 96.9. The van der Waals surface area contributed by atoms with Crippen LogP contribution in [0.5, 0.6) is 23.1 Å². The van der Waals surface area contributed by atoms with Gasteiger partial charge < -0.3 is 84.9 Å². The number of urea groups is 1. The first kappa shape index (κ1) is 102. The summed E-state index contributed by atoms with van der Waals surface area (Å²) in [5.41, 5.74) is 11.7. The molecule has 4 aromatic heterocycles. The van der Waals surface area contributed by atoms with Crippen molar-refractivity contribution in [1.82, 2.24) is 75.0 Å². The fourth-order valence-corrected chi connectivity index (χ4v) is 16.8. The minimum absolute atomic E-state index is 0.00421. The first-order chi connectivity index (χ1) is 64.7. The number of imide groups is 1. The molecule has 3 atom stereocenters. The Balaban J connectivity index is 0.745. The van der Waals surface area contributed by atoms with E-state index in [1.807, 2.05) is 48.0 Å². The second kappa shape index (κ2) is 48.8. The van der Waals surface area contributed by atoms with Gasteiger partial charge in [0.05, 0.1) is 107 Å². The third-order valence-electron chi connectivity index (χ3n) is 21.9. The Labute approximate surface area is 784 Å². The molecular formula is C90H105ClFN18O23S2+. The maximum Gasteiger partial charge on any atom is 0.421 e. The summed E-state index contributed by atoms with van der Waals surface area (Å²) < 4.78 is 87.2. The van der Waals surface area contributed by atoms with Gasteiger partial charge in [0.2, 0.25) is 35.6 Å². The number of likely N-dealkylation sites (N-methyl/N-ethyl adjacent to an activating group) is 1. The molecule has 11 rings (SSSR count). The molecule has 718 valence electrons. The smallest absolute Gasteiger partial charge is 0.421 e. The van der Waals surface area contributed by atoms with Crippen LogP contribution >= 0.6 is 22.9 Å². The molecule has 0 saturated carbocycles. The Morgan fingerprint density at radius 1 is 0.726 bits per heavy atom. The van der Waals surface area contributed by atoms with Gasteiger partial charge in [0, 0.05) is 105 Å². The molecule has 1 fully saturated rings. The van der Waals surface area contributed by atoms with Gasteiger partial charge in [-0.15, -0.1) is 16.4 Å². The predicted molar refractivity (Wildman–Crippen MR) is 488 cm³/mol. The van der Waals surface area contributed by atoms with Crippen molar-refractivity contribution in [3.05, 3.63) is 185 Å². The number of hydrogen-bond acceptors (Lipinski definition) is 28. The molecule has 0 bridgehead atoms. The van der Waals surface area contributed by atoms with Crippen molar-refractivity contribution in [3.8, 4) is 56.1 Å². The number of aliphatic carboxylic acids is 3. The lowest BCUT2D eigenvalue weighted by Crippen LogP contribution is -2.57. The zero-order valence-corrected chi connectivity index (χ0v) is 76.9. The lowest BCUT2D eigenvalue weighted by Gasteiger charge is -2.42. The molecule has 6 heterocycles. The Morgan fingerprint density at radius 3 is 2.16 bits per heavy atom. The second-order valence-corrected chi connectivity index (χ2v) is 34.9. The number of hydrogen-bond donors (Lipinski definition) is 10. The molecule has 45 heteroatoms. The number of benzene rings is 5. The number of thiophene rings is 1. The van der Waals surface area contributed by atoms with Gasteiger partial charge >= 0.3 is 40.2 Å². The summed E-state index contributed by atoms with van der Waals surface area (Å²) in [5.74, 6) is -6.47. The average Bonchev–Trinajstić information content (AvgIpc) is 1.60. The Kier molecular flexibility index (Phi) is 36.8. The van der Waals surface area contributed by atoms with Crippen molar-refractivity contribution in [1.29, 1.82) is 0 Å². The number of quaternary nitrogens is 1. The van der Waals surface area contributed by atoms with E-state index in [1.165, 1.54) is 40.7 Å². The minimum Gasteiger partial charge on any atom is -0.496 e. The Bertz CT molecular complexity index is 5870. The molecule has 2 unspecified atom stereocenters. The summed E-state index contributed by atoms with van der Waals surface area (Å²) in [6, 6.07) is 27.8. The van der Waals surface area contributed by atoms with E-state index in [2.05, 4.69) is 58.5 Å². The van der Waals surface area contributed by atoms with Crippen LogP contribution in [0.4, 0.5) is 19.7 Å². The molecule has 2 aliphatic rings. The van der Waals surface area contributed by atoms with Gasteiger partial charge in [0.25, 0.3) is 11.8 Å². The van der Waals surface area contributed by atoms with E-state index in [0.29, 0.717) is 143 Å². The summed E-state index contributed by atoms with van der Waals surface area (Å²) in [7, 11) is -0.894. The lowest BCUT2D eigenvalue weighted by atomic mass is 9.96. The van der Waals surface area contributed by atoms with Crippen LogP contribution in [0.2, 0.25) is 5.02 Å². The highest BCUT2D eigenvalue weighted by Gasteiger charge is 2.35. The number of halogens is 2. The van der Waals surface area contributed by atoms with Crippen molar-refractivity contribution < 1.29 is 119 Å². The number of nitrogens with one attached hydrogen (secondary N) is 6. The van der Waals surface area contributed by atoms with E-state index >= 15 is 0 Å². The molecule has 0 aliphatic carbocycles. The number of anilines is 1. The van der Waals surface area contributed by atoms with Crippen LogP contribution in [-0.2, 0) is 107 Å². The van der Waals surface area contributed by atoms with Crippen molar-refractivity contribution in [2.45, 2.75) is 117 Å². The number of carbonyl (C=O) groups is 11. The molecule has 11 N–H and O–H groups in total. The van der Waals surface area contributed by atoms with Crippen molar-refractivity contribution in [3.63, 3.8) is 0 Å². The number of aromatic nitrogens is 7. The van der Waals surface area contributed by atoms with Crippen LogP contribution in [0.1, 0.15) is 86.0 Å². The molecule has 0 radical (unpaired) electrons. The summed E-state index contributed by atoms with van der Waals surface area (Å²) in [6.45, 7) is 7.16. The van der Waals surface area contributed by atoms with Crippen molar-refractivity contribution >= 4 is 115 Å². The first-order valence-electron chi connectivity index (χ1n) is 43.1. The number of primary amides is 1. The number of nitrogens with two attached hydrogens (primary N) is 1. The number of amides is 9. The van der Waals surface area contributed by atoms with Crippen molar-refractivity contribution in [2.75, 3.05) is 111 Å². The SMILES string of the molecule is COc1ccccc1-c1nccc(COc2ccccc2C[C@@H](Oc2ncnc3sc(-c4ccc(F)cc4)c(-c4ccc(OCCN5CC[N+](C)(Cc6ccc(NC(=O)C(CCCNC(N)=O)NC(=O)C(NC(=O)CCOCCN7C(=O)C=CC7=O)C(C)C)cc6COCc6cn(CCOC(=O)NS(=O)(=O)NCCC(=O)N(CCC(=O)O)CCC(=O)O)nn6)CC5)c(Cl)c4C)c23)C(=O)O)n1. The van der Waals surface area contributed by atoms with E-state index in [9.17, 15) is 70.7 Å². The molecule has 41 nitrogen and oxygen atoms in total. The summed E-state index contributed by atoms with van der Waals surface area (Å²) in [5, 5.41) is 48.9. The number of para-hydroxylation sites is 2. The number of carboxylic acid groups (broad SMARTS) is 3.